The number of carbonyl (C=O) groups is 2. The first-order chi connectivity index (χ1) is 17.6. The average Bonchev–Trinajstić information content (AvgIpc) is 2.94. The number of hydrogen-bond acceptors (Lipinski definition) is 3. The summed E-state index contributed by atoms with van der Waals surface area (Å²) in [5, 5.41) is 10.7. The molecule has 0 aliphatic rings. The van der Waals surface area contributed by atoms with Gasteiger partial charge in [0.1, 0.15) is 0 Å². The summed E-state index contributed by atoms with van der Waals surface area (Å²) >= 11 is 0. The second-order valence-corrected chi connectivity index (χ2v) is 8.01. The zero-order valence-corrected chi connectivity index (χ0v) is 19.6. The van der Waals surface area contributed by atoms with Gasteiger partial charge in [0.15, 0.2) is 5.78 Å². The lowest BCUT2D eigenvalue weighted by atomic mass is 9.94. The predicted molar refractivity (Wildman–Crippen MR) is 147 cm³/mol. The standard InChI is InChI=1S/C32H24N2O2/c1-2-24(17-16-23-10-5-3-6-11-23)30-19-18-27(20-28(30)22-33)31(35)26-14-9-15-29(21-26)34-32(36)25-12-7-4-8-13-25/h3-22,33H,1H2,(H,34,36)/b17-16+,33-22?. The predicted octanol–water partition coefficient (Wildman–Crippen LogP) is 7.05. The Morgan fingerprint density at radius 3 is 2.14 bits per heavy atom. The van der Waals surface area contributed by atoms with Crippen LogP contribution in [0.4, 0.5) is 5.69 Å². The molecule has 4 aromatic carbocycles. The number of benzene rings is 4. The Morgan fingerprint density at radius 2 is 1.44 bits per heavy atom. The van der Waals surface area contributed by atoms with Gasteiger partial charge in [-0.25, -0.2) is 0 Å². The van der Waals surface area contributed by atoms with Gasteiger partial charge < -0.3 is 10.7 Å². The van der Waals surface area contributed by atoms with Crippen molar-refractivity contribution in [1.29, 1.82) is 5.41 Å². The molecule has 4 heteroatoms. The number of amides is 1. The summed E-state index contributed by atoms with van der Waals surface area (Å²) < 4.78 is 0. The summed E-state index contributed by atoms with van der Waals surface area (Å²) in [4.78, 5) is 25.7. The highest BCUT2D eigenvalue weighted by atomic mass is 16.1. The molecular weight excluding hydrogens is 444 g/mol. The van der Waals surface area contributed by atoms with Crippen LogP contribution in [0.25, 0.3) is 11.6 Å². The maximum atomic E-state index is 13.2. The minimum Gasteiger partial charge on any atom is -0.322 e. The van der Waals surface area contributed by atoms with Crippen LogP contribution in [0, 0.1) is 5.41 Å². The van der Waals surface area contributed by atoms with Crippen LogP contribution >= 0.6 is 0 Å². The third-order valence-electron chi connectivity index (χ3n) is 5.61. The molecule has 0 fully saturated rings. The van der Waals surface area contributed by atoms with E-state index in [-0.39, 0.29) is 11.7 Å². The van der Waals surface area contributed by atoms with Crippen LogP contribution in [-0.2, 0) is 0 Å². The highest BCUT2D eigenvalue weighted by Gasteiger charge is 2.14. The van der Waals surface area contributed by atoms with Gasteiger partial charge in [-0.1, -0.05) is 85.5 Å². The molecule has 0 saturated heterocycles. The van der Waals surface area contributed by atoms with Gasteiger partial charge in [-0.3, -0.25) is 9.59 Å². The molecule has 0 saturated carbocycles. The van der Waals surface area contributed by atoms with Gasteiger partial charge in [0.25, 0.3) is 5.91 Å². The number of hydrogen-bond donors (Lipinski definition) is 2. The molecule has 36 heavy (non-hydrogen) atoms. The number of ketones is 1. The number of anilines is 1. The van der Waals surface area contributed by atoms with E-state index in [2.05, 4.69) is 17.6 Å². The minimum atomic E-state index is -0.247. The normalized spacial score (nSPS) is 10.4. The molecule has 0 radical (unpaired) electrons. The third-order valence-corrected chi connectivity index (χ3v) is 5.61. The summed E-state index contributed by atoms with van der Waals surface area (Å²) in [6.45, 7) is 3.80. The second-order valence-electron chi connectivity index (χ2n) is 8.01. The van der Waals surface area contributed by atoms with Gasteiger partial charge in [0.2, 0.25) is 0 Å². The Hall–Kier alpha value is -5.05. The molecule has 0 aliphatic heterocycles. The van der Waals surface area contributed by atoms with Gasteiger partial charge in [0.05, 0.1) is 0 Å². The van der Waals surface area contributed by atoms with Crippen molar-refractivity contribution in [2.24, 2.45) is 0 Å². The molecule has 4 nitrogen and oxygen atoms in total. The molecule has 4 rings (SSSR count). The van der Waals surface area contributed by atoms with Crippen molar-refractivity contribution in [1.82, 2.24) is 0 Å². The largest absolute Gasteiger partial charge is 0.322 e. The molecule has 174 valence electrons. The fourth-order valence-corrected chi connectivity index (χ4v) is 3.75. The van der Waals surface area contributed by atoms with Crippen molar-refractivity contribution >= 4 is 35.2 Å². The zero-order chi connectivity index (χ0) is 25.3. The topological polar surface area (TPSA) is 70.0 Å². The summed E-state index contributed by atoms with van der Waals surface area (Å²) in [5.41, 5.74) is 7.98. The maximum absolute atomic E-state index is 13.2. The molecule has 4 aromatic rings. The molecule has 0 unspecified atom stereocenters. The van der Waals surface area contributed by atoms with E-state index >= 15 is 0 Å². The van der Waals surface area contributed by atoms with Gasteiger partial charge >= 0.3 is 0 Å². The number of rotatable bonds is 8. The van der Waals surface area contributed by atoms with E-state index in [0.717, 1.165) is 16.7 Å². The van der Waals surface area contributed by atoms with E-state index in [4.69, 9.17) is 5.41 Å². The fraction of sp³-hybridized carbons (Fsp3) is 0. The summed E-state index contributed by atoms with van der Waals surface area (Å²) in [6, 6.07) is 30.8. The first kappa shape index (κ1) is 24.1. The van der Waals surface area contributed by atoms with E-state index in [1.54, 1.807) is 66.7 Å². The smallest absolute Gasteiger partial charge is 0.255 e. The number of nitrogens with one attached hydrogen (secondary N) is 2. The SMILES string of the molecule is C=C=C(/C=C/c1ccccc1)c1ccc(C(=O)c2cccc(NC(=O)c3ccccc3)c2)cc1C=N. The van der Waals surface area contributed by atoms with Crippen molar-refractivity contribution in [2.75, 3.05) is 5.32 Å². The van der Waals surface area contributed by atoms with Crippen LogP contribution in [0.15, 0.2) is 122 Å². The summed E-state index contributed by atoms with van der Waals surface area (Å²) in [6.07, 6.45) is 5.07. The zero-order valence-electron chi connectivity index (χ0n) is 19.6. The van der Waals surface area contributed by atoms with Crippen LogP contribution in [0.2, 0.25) is 0 Å². The number of allylic oxidation sites excluding steroid dienone is 2. The van der Waals surface area contributed by atoms with E-state index in [1.165, 1.54) is 6.21 Å². The van der Waals surface area contributed by atoms with Gasteiger partial charge in [-0.2, -0.15) is 0 Å². The molecule has 0 atom stereocenters. The van der Waals surface area contributed by atoms with Crippen molar-refractivity contribution in [3.8, 4) is 0 Å². The lowest BCUT2D eigenvalue weighted by Gasteiger charge is -2.10. The van der Waals surface area contributed by atoms with E-state index in [0.29, 0.717) is 27.9 Å². The Labute approximate surface area is 210 Å². The van der Waals surface area contributed by atoms with E-state index < -0.39 is 0 Å². The Morgan fingerprint density at radius 1 is 0.778 bits per heavy atom. The first-order valence-corrected chi connectivity index (χ1v) is 11.4. The van der Waals surface area contributed by atoms with Gasteiger partial charge in [0, 0.05) is 39.7 Å². The van der Waals surface area contributed by atoms with Crippen molar-refractivity contribution in [3.63, 3.8) is 0 Å². The molecule has 0 spiro atoms. The molecule has 0 aliphatic carbocycles. The molecule has 0 bridgehead atoms. The molecule has 2 N–H and O–H groups in total. The third kappa shape index (κ3) is 5.71. The highest BCUT2D eigenvalue weighted by molar-refractivity contribution is 6.11. The summed E-state index contributed by atoms with van der Waals surface area (Å²) in [7, 11) is 0. The minimum absolute atomic E-state index is 0.204. The van der Waals surface area contributed by atoms with Crippen molar-refractivity contribution in [3.05, 3.63) is 155 Å². The van der Waals surface area contributed by atoms with E-state index in [1.807, 2.05) is 48.6 Å². The Bertz CT molecular complexity index is 1500. The fourth-order valence-electron chi connectivity index (χ4n) is 3.75. The van der Waals surface area contributed by atoms with Crippen LogP contribution in [0.3, 0.4) is 0 Å². The monoisotopic (exact) mass is 468 g/mol. The average molecular weight is 469 g/mol. The molecular formula is C32H24N2O2. The van der Waals surface area contributed by atoms with Crippen LogP contribution in [-0.4, -0.2) is 17.9 Å². The van der Waals surface area contributed by atoms with Crippen LogP contribution in [0.1, 0.15) is 43.0 Å². The molecule has 0 aromatic heterocycles. The first-order valence-electron chi connectivity index (χ1n) is 11.4. The molecule has 0 heterocycles. The van der Waals surface area contributed by atoms with E-state index in [9.17, 15) is 9.59 Å². The Kier molecular flexibility index (Phi) is 7.62. The van der Waals surface area contributed by atoms with Crippen molar-refractivity contribution in [2.45, 2.75) is 0 Å². The molecule has 1 amide bonds. The maximum Gasteiger partial charge on any atom is 0.255 e. The van der Waals surface area contributed by atoms with Crippen molar-refractivity contribution < 1.29 is 9.59 Å². The van der Waals surface area contributed by atoms with Crippen LogP contribution < -0.4 is 5.32 Å². The highest BCUT2D eigenvalue weighted by Crippen LogP contribution is 2.23. The second kappa shape index (κ2) is 11.4. The van der Waals surface area contributed by atoms with Gasteiger partial charge in [-0.05, 0) is 47.5 Å². The quantitative estimate of drug-likeness (QED) is 0.126. The number of carbonyl (C=O) groups excluding carboxylic acids is 2. The Balaban J connectivity index is 1.57. The van der Waals surface area contributed by atoms with Crippen LogP contribution in [0.5, 0.6) is 0 Å². The van der Waals surface area contributed by atoms with Gasteiger partial charge in [-0.15, -0.1) is 5.73 Å². The lowest BCUT2D eigenvalue weighted by molar-refractivity contribution is 0.102. The summed E-state index contributed by atoms with van der Waals surface area (Å²) in [5.74, 6) is -0.452. The lowest BCUT2D eigenvalue weighted by Crippen LogP contribution is -2.12.